The SMILES string of the molecule is O=C1CCCC(C(=O)c2cc(F)c(F)c(F)c2)C1. The molecule has 1 aliphatic carbocycles. The van der Waals surface area contributed by atoms with Crippen molar-refractivity contribution in [2.45, 2.75) is 25.7 Å². The molecule has 1 aliphatic rings. The molecule has 0 heterocycles. The maximum Gasteiger partial charge on any atom is 0.194 e. The van der Waals surface area contributed by atoms with Crippen LogP contribution in [0.25, 0.3) is 0 Å². The topological polar surface area (TPSA) is 34.1 Å². The summed E-state index contributed by atoms with van der Waals surface area (Å²) >= 11 is 0. The first kappa shape index (κ1) is 12.8. The zero-order valence-electron chi connectivity index (χ0n) is 9.51. The molecule has 0 radical (unpaired) electrons. The number of carbonyl (C=O) groups is 2. The number of hydrogen-bond donors (Lipinski definition) is 0. The van der Waals surface area contributed by atoms with Crippen LogP contribution >= 0.6 is 0 Å². The van der Waals surface area contributed by atoms with Gasteiger partial charge in [-0.15, -0.1) is 0 Å². The molecule has 96 valence electrons. The van der Waals surface area contributed by atoms with Gasteiger partial charge in [-0.2, -0.15) is 0 Å². The highest BCUT2D eigenvalue weighted by molar-refractivity contribution is 6.00. The van der Waals surface area contributed by atoms with Gasteiger partial charge in [-0.1, -0.05) is 0 Å². The van der Waals surface area contributed by atoms with E-state index in [9.17, 15) is 22.8 Å². The van der Waals surface area contributed by atoms with Crippen LogP contribution in [-0.4, -0.2) is 11.6 Å². The molecule has 2 nitrogen and oxygen atoms in total. The molecule has 1 fully saturated rings. The average Bonchev–Trinajstić information content (AvgIpc) is 2.34. The van der Waals surface area contributed by atoms with Gasteiger partial charge in [0.15, 0.2) is 23.2 Å². The number of benzene rings is 1. The van der Waals surface area contributed by atoms with Crippen molar-refractivity contribution in [1.29, 1.82) is 0 Å². The number of halogens is 3. The van der Waals surface area contributed by atoms with Crippen molar-refractivity contribution in [2.75, 3.05) is 0 Å². The van der Waals surface area contributed by atoms with Crippen LogP contribution in [0.3, 0.4) is 0 Å². The summed E-state index contributed by atoms with van der Waals surface area (Å²) in [5.41, 5.74) is -0.217. The second kappa shape index (κ2) is 4.92. The molecular weight excluding hydrogens is 245 g/mol. The van der Waals surface area contributed by atoms with Crippen molar-refractivity contribution >= 4 is 11.6 Å². The maximum absolute atomic E-state index is 13.0. The zero-order valence-corrected chi connectivity index (χ0v) is 9.51. The fourth-order valence-electron chi connectivity index (χ4n) is 2.18. The highest BCUT2D eigenvalue weighted by Crippen LogP contribution is 2.26. The minimum absolute atomic E-state index is 0.0253. The molecular formula is C13H11F3O2. The van der Waals surface area contributed by atoms with E-state index < -0.39 is 29.2 Å². The van der Waals surface area contributed by atoms with Gasteiger partial charge in [0, 0.05) is 24.3 Å². The van der Waals surface area contributed by atoms with Crippen LogP contribution in [0.15, 0.2) is 12.1 Å². The summed E-state index contributed by atoms with van der Waals surface area (Å²) < 4.78 is 38.8. The highest BCUT2D eigenvalue weighted by Gasteiger charge is 2.27. The molecule has 1 atom stereocenters. The Morgan fingerprint density at radius 1 is 1.17 bits per heavy atom. The molecule has 0 bridgehead atoms. The molecule has 18 heavy (non-hydrogen) atoms. The molecule has 0 spiro atoms. The Kier molecular flexibility index (Phi) is 3.50. The number of Topliss-reactive ketones (excluding diaryl/α,β-unsaturated/α-hetero) is 2. The van der Waals surface area contributed by atoms with Crippen molar-refractivity contribution in [3.05, 3.63) is 35.1 Å². The van der Waals surface area contributed by atoms with Gasteiger partial charge in [-0.05, 0) is 25.0 Å². The minimum Gasteiger partial charge on any atom is -0.300 e. The second-order valence-corrected chi connectivity index (χ2v) is 4.45. The lowest BCUT2D eigenvalue weighted by Crippen LogP contribution is -2.23. The molecule has 0 N–H and O–H groups in total. The van der Waals surface area contributed by atoms with Gasteiger partial charge in [0.25, 0.3) is 0 Å². The van der Waals surface area contributed by atoms with E-state index in [4.69, 9.17) is 0 Å². The van der Waals surface area contributed by atoms with Crippen molar-refractivity contribution in [2.24, 2.45) is 5.92 Å². The Labute approximate surface area is 102 Å². The molecule has 0 amide bonds. The summed E-state index contributed by atoms with van der Waals surface area (Å²) in [6, 6.07) is 1.36. The van der Waals surface area contributed by atoms with Crippen molar-refractivity contribution < 1.29 is 22.8 Å². The summed E-state index contributed by atoms with van der Waals surface area (Å²) in [5, 5.41) is 0. The van der Waals surface area contributed by atoms with Gasteiger partial charge >= 0.3 is 0 Å². The first-order valence-corrected chi connectivity index (χ1v) is 5.69. The Morgan fingerprint density at radius 2 is 1.78 bits per heavy atom. The van der Waals surface area contributed by atoms with Crippen LogP contribution < -0.4 is 0 Å². The molecule has 1 saturated carbocycles. The predicted molar refractivity (Wildman–Crippen MR) is 57.6 cm³/mol. The fraction of sp³-hybridized carbons (Fsp3) is 0.385. The van der Waals surface area contributed by atoms with E-state index in [0.717, 1.165) is 0 Å². The van der Waals surface area contributed by atoms with E-state index in [2.05, 4.69) is 0 Å². The third-order valence-corrected chi connectivity index (χ3v) is 3.12. The van der Waals surface area contributed by atoms with Crippen LogP contribution in [0.1, 0.15) is 36.0 Å². The fourth-order valence-corrected chi connectivity index (χ4v) is 2.18. The van der Waals surface area contributed by atoms with Crippen molar-refractivity contribution in [1.82, 2.24) is 0 Å². The van der Waals surface area contributed by atoms with E-state index in [1.165, 1.54) is 0 Å². The van der Waals surface area contributed by atoms with Gasteiger partial charge < -0.3 is 0 Å². The number of rotatable bonds is 2. The van der Waals surface area contributed by atoms with Gasteiger partial charge in [-0.25, -0.2) is 13.2 Å². The first-order chi connectivity index (χ1) is 8.49. The van der Waals surface area contributed by atoms with E-state index >= 15 is 0 Å². The summed E-state index contributed by atoms with van der Waals surface area (Å²) in [4.78, 5) is 23.2. The van der Waals surface area contributed by atoms with E-state index in [1.807, 2.05) is 0 Å². The van der Waals surface area contributed by atoms with Crippen LogP contribution in [-0.2, 0) is 4.79 Å². The lowest BCUT2D eigenvalue weighted by atomic mass is 9.83. The largest absolute Gasteiger partial charge is 0.300 e. The van der Waals surface area contributed by atoms with Crippen LogP contribution in [0, 0.1) is 23.4 Å². The normalized spacial score (nSPS) is 19.9. The zero-order chi connectivity index (χ0) is 13.3. The van der Waals surface area contributed by atoms with Gasteiger partial charge in [0.05, 0.1) is 0 Å². The van der Waals surface area contributed by atoms with Crippen molar-refractivity contribution in [3.63, 3.8) is 0 Å². The lowest BCUT2D eigenvalue weighted by Gasteiger charge is -2.19. The number of carbonyl (C=O) groups excluding carboxylic acids is 2. The number of ketones is 2. The Morgan fingerprint density at radius 3 is 2.33 bits per heavy atom. The molecule has 1 unspecified atom stereocenters. The third-order valence-electron chi connectivity index (χ3n) is 3.12. The predicted octanol–water partition coefficient (Wildman–Crippen LogP) is 3.05. The standard InChI is InChI=1S/C13H11F3O2/c14-10-5-8(6-11(15)12(10)16)13(18)7-2-1-3-9(17)4-7/h5-7H,1-4H2. The Bertz CT molecular complexity index is 488. The lowest BCUT2D eigenvalue weighted by molar-refractivity contribution is -0.121. The number of hydrogen-bond acceptors (Lipinski definition) is 2. The second-order valence-electron chi connectivity index (χ2n) is 4.45. The summed E-state index contributed by atoms with van der Waals surface area (Å²) in [6.45, 7) is 0. The van der Waals surface area contributed by atoms with E-state index in [-0.39, 0.29) is 17.8 Å². The quantitative estimate of drug-likeness (QED) is 0.602. The molecule has 5 heteroatoms. The average molecular weight is 256 g/mol. The Balaban J connectivity index is 2.26. The minimum atomic E-state index is -1.59. The van der Waals surface area contributed by atoms with Gasteiger partial charge in [0.1, 0.15) is 5.78 Å². The smallest absolute Gasteiger partial charge is 0.194 e. The Hall–Kier alpha value is -1.65. The molecule has 0 aliphatic heterocycles. The first-order valence-electron chi connectivity index (χ1n) is 5.69. The highest BCUT2D eigenvalue weighted by atomic mass is 19.2. The third kappa shape index (κ3) is 2.44. The summed E-state index contributed by atoms with van der Waals surface area (Å²) in [5.74, 6) is -5.44. The summed E-state index contributed by atoms with van der Waals surface area (Å²) in [7, 11) is 0. The maximum atomic E-state index is 13.0. The molecule has 2 rings (SSSR count). The molecule has 1 aromatic carbocycles. The summed E-state index contributed by atoms with van der Waals surface area (Å²) in [6.07, 6.45) is 1.65. The van der Waals surface area contributed by atoms with Crippen molar-refractivity contribution in [3.8, 4) is 0 Å². The van der Waals surface area contributed by atoms with Gasteiger partial charge in [-0.3, -0.25) is 9.59 Å². The monoisotopic (exact) mass is 256 g/mol. The van der Waals surface area contributed by atoms with Gasteiger partial charge in [0.2, 0.25) is 0 Å². The molecule has 1 aromatic rings. The van der Waals surface area contributed by atoms with Crippen LogP contribution in [0.4, 0.5) is 13.2 Å². The molecule has 0 saturated heterocycles. The van der Waals surface area contributed by atoms with E-state index in [1.54, 1.807) is 0 Å². The van der Waals surface area contributed by atoms with Crippen LogP contribution in [0.5, 0.6) is 0 Å². The molecule has 0 aromatic heterocycles. The van der Waals surface area contributed by atoms with Crippen LogP contribution in [0.2, 0.25) is 0 Å². The van der Waals surface area contributed by atoms with E-state index in [0.29, 0.717) is 31.4 Å².